The van der Waals surface area contributed by atoms with Crippen LogP contribution >= 0.6 is 11.8 Å². The van der Waals surface area contributed by atoms with Gasteiger partial charge in [0, 0.05) is 11.3 Å². The number of hydrogen-bond donors (Lipinski definition) is 1. The van der Waals surface area contributed by atoms with Gasteiger partial charge in [-0.25, -0.2) is 0 Å². The number of thioether (sulfide) groups is 1. The standard InChI is InChI=1S/C10H18N2OS/c1-9(2,6-11)8(13)12-7-10(3,4)14-5/h7H2,1-5H3,(H,12,13). The normalized spacial score (nSPS) is 12.0. The van der Waals surface area contributed by atoms with Crippen LogP contribution in [-0.4, -0.2) is 23.5 Å². The van der Waals surface area contributed by atoms with E-state index in [1.165, 1.54) is 0 Å². The van der Waals surface area contributed by atoms with Crippen LogP contribution in [0.3, 0.4) is 0 Å². The number of nitrogens with zero attached hydrogens (tertiary/aromatic N) is 1. The molecular formula is C10H18N2OS. The molecule has 0 aromatic heterocycles. The minimum atomic E-state index is -0.936. The SMILES string of the molecule is CSC(C)(C)CNC(=O)C(C)(C)C#N. The summed E-state index contributed by atoms with van der Waals surface area (Å²) in [6, 6.07) is 1.98. The highest BCUT2D eigenvalue weighted by molar-refractivity contribution is 7.99. The van der Waals surface area contributed by atoms with Crippen LogP contribution < -0.4 is 5.32 Å². The van der Waals surface area contributed by atoms with Gasteiger partial charge in [0.15, 0.2) is 0 Å². The summed E-state index contributed by atoms with van der Waals surface area (Å²) in [6.07, 6.45) is 2.00. The molecule has 0 aromatic rings. The molecule has 0 heterocycles. The van der Waals surface area contributed by atoms with Gasteiger partial charge in [0.25, 0.3) is 0 Å². The van der Waals surface area contributed by atoms with Gasteiger partial charge < -0.3 is 5.32 Å². The molecule has 4 heteroatoms. The van der Waals surface area contributed by atoms with E-state index in [0.717, 1.165) is 0 Å². The molecule has 1 amide bonds. The maximum atomic E-state index is 11.5. The molecule has 0 aliphatic heterocycles. The Morgan fingerprint density at radius 3 is 2.29 bits per heavy atom. The van der Waals surface area contributed by atoms with Crippen molar-refractivity contribution >= 4 is 17.7 Å². The van der Waals surface area contributed by atoms with Crippen molar-refractivity contribution in [1.29, 1.82) is 5.26 Å². The first-order chi connectivity index (χ1) is 6.25. The molecule has 0 bridgehead atoms. The van der Waals surface area contributed by atoms with Crippen molar-refractivity contribution < 1.29 is 4.79 Å². The van der Waals surface area contributed by atoms with Gasteiger partial charge in [-0.1, -0.05) is 0 Å². The molecule has 0 saturated carbocycles. The zero-order valence-corrected chi connectivity index (χ0v) is 10.3. The summed E-state index contributed by atoms with van der Waals surface area (Å²) in [7, 11) is 0. The summed E-state index contributed by atoms with van der Waals surface area (Å²) >= 11 is 1.69. The molecule has 0 aliphatic rings. The van der Waals surface area contributed by atoms with Crippen LogP contribution in [-0.2, 0) is 4.79 Å². The van der Waals surface area contributed by atoms with E-state index < -0.39 is 5.41 Å². The molecule has 1 N–H and O–H groups in total. The Balaban J connectivity index is 4.19. The maximum absolute atomic E-state index is 11.5. The third kappa shape index (κ3) is 4.01. The van der Waals surface area contributed by atoms with Gasteiger partial charge in [-0.2, -0.15) is 17.0 Å². The van der Waals surface area contributed by atoms with Crippen molar-refractivity contribution in [3.8, 4) is 6.07 Å². The summed E-state index contributed by atoms with van der Waals surface area (Å²) in [6.45, 7) is 7.93. The van der Waals surface area contributed by atoms with E-state index in [-0.39, 0.29) is 10.7 Å². The summed E-state index contributed by atoms with van der Waals surface area (Å²) in [5.74, 6) is -0.206. The van der Waals surface area contributed by atoms with Gasteiger partial charge in [0.05, 0.1) is 6.07 Å². The van der Waals surface area contributed by atoms with Crippen LogP contribution in [0, 0.1) is 16.7 Å². The third-order valence-electron chi connectivity index (χ3n) is 2.07. The first-order valence-electron chi connectivity index (χ1n) is 4.50. The van der Waals surface area contributed by atoms with E-state index in [0.29, 0.717) is 6.54 Å². The summed E-state index contributed by atoms with van der Waals surface area (Å²) in [5.41, 5.74) is -0.936. The zero-order chi connectivity index (χ0) is 11.4. The van der Waals surface area contributed by atoms with E-state index in [9.17, 15) is 4.79 Å². The van der Waals surface area contributed by atoms with Gasteiger partial charge in [-0.05, 0) is 34.0 Å². The molecule has 0 aliphatic carbocycles. The Morgan fingerprint density at radius 1 is 1.43 bits per heavy atom. The fraction of sp³-hybridized carbons (Fsp3) is 0.800. The number of rotatable bonds is 4. The first kappa shape index (κ1) is 13.3. The smallest absolute Gasteiger partial charge is 0.239 e. The Labute approximate surface area is 90.3 Å². The summed E-state index contributed by atoms with van der Waals surface area (Å²) in [4.78, 5) is 11.5. The highest BCUT2D eigenvalue weighted by atomic mass is 32.2. The van der Waals surface area contributed by atoms with Gasteiger partial charge in [-0.15, -0.1) is 0 Å². The van der Waals surface area contributed by atoms with E-state index in [2.05, 4.69) is 19.2 Å². The van der Waals surface area contributed by atoms with E-state index in [1.807, 2.05) is 12.3 Å². The topological polar surface area (TPSA) is 52.9 Å². The Hall–Kier alpha value is -0.690. The molecule has 0 unspecified atom stereocenters. The number of nitrogens with one attached hydrogen (secondary N) is 1. The number of carbonyl (C=O) groups excluding carboxylic acids is 1. The molecule has 0 radical (unpaired) electrons. The molecule has 14 heavy (non-hydrogen) atoms. The largest absolute Gasteiger partial charge is 0.353 e. The minimum Gasteiger partial charge on any atom is -0.353 e. The van der Waals surface area contributed by atoms with Gasteiger partial charge in [0.1, 0.15) is 5.41 Å². The zero-order valence-electron chi connectivity index (χ0n) is 9.47. The molecule has 80 valence electrons. The molecule has 0 spiro atoms. The van der Waals surface area contributed by atoms with Gasteiger partial charge >= 0.3 is 0 Å². The van der Waals surface area contributed by atoms with Crippen LogP contribution in [0.4, 0.5) is 0 Å². The number of carbonyl (C=O) groups is 1. The lowest BCUT2D eigenvalue weighted by Gasteiger charge is -2.24. The van der Waals surface area contributed by atoms with Crippen LogP contribution in [0.1, 0.15) is 27.7 Å². The molecular weight excluding hydrogens is 196 g/mol. The number of hydrogen-bond acceptors (Lipinski definition) is 3. The fourth-order valence-corrected chi connectivity index (χ4v) is 0.854. The second-order valence-corrected chi connectivity index (χ2v) is 5.90. The molecule has 0 atom stereocenters. The van der Waals surface area contributed by atoms with Crippen molar-refractivity contribution in [1.82, 2.24) is 5.32 Å². The van der Waals surface area contributed by atoms with Crippen LogP contribution in [0.5, 0.6) is 0 Å². The number of nitriles is 1. The van der Waals surface area contributed by atoms with Crippen molar-refractivity contribution in [2.24, 2.45) is 5.41 Å². The molecule has 0 saturated heterocycles. The van der Waals surface area contributed by atoms with Crippen LogP contribution in [0.25, 0.3) is 0 Å². The monoisotopic (exact) mass is 214 g/mol. The van der Waals surface area contributed by atoms with Crippen molar-refractivity contribution in [2.75, 3.05) is 12.8 Å². The maximum Gasteiger partial charge on any atom is 0.239 e. The van der Waals surface area contributed by atoms with E-state index in [1.54, 1.807) is 25.6 Å². The quantitative estimate of drug-likeness (QED) is 0.776. The first-order valence-corrected chi connectivity index (χ1v) is 5.72. The summed E-state index contributed by atoms with van der Waals surface area (Å²) in [5, 5.41) is 11.5. The summed E-state index contributed by atoms with van der Waals surface area (Å²) < 4.78 is 0.0151. The van der Waals surface area contributed by atoms with Gasteiger partial charge in [-0.3, -0.25) is 4.79 Å². The van der Waals surface area contributed by atoms with Crippen LogP contribution in [0.15, 0.2) is 0 Å². The second kappa shape index (κ2) is 4.70. The molecule has 0 rings (SSSR count). The lowest BCUT2D eigenvalue weighted by Crippen LogP contribution is -2.42. The fourth-order valence-electron chi connectivity index (χ4n) is 0.637. The minimum absolute atomic E-state index is 0.0151. The molecule has 0 aromatic carbocycles. The van der Waals surface area contributed by atoms with Crippen molar-refractivity contribution in [3.05, 3.63) is 0 Å². The average Bonchev–Trinajstić information content (AvgIpc) is 2.14. The Morgan fingerprint density at radius 2 is 1.93 bits per heavy atom. The lowest BCUT2D eigenvalue weighted by molar-refractivity contribution is -0.126. The van der Waals surface area contributed by atoms with Crippen molar-refractivity contribution in [2.45, 2.75) is 32.4 Å². The predicted octanol–water partition coefficient (Wildman–Crippen LogP) is 1.79. The van der Waals surface area contributed by atoms with Crippen LogP contribution in [0.2, 0.25) is 0 Å². The highest BCUT2D eigenvalue weighted by Crippen LogP contribution is 2.20. The lowest BCUT2D eigenvalue weighted by atomic mass is 9.94. The Kier molecular flexibility index (Phi) is 4.47. The van der Waals surface area contributed by atoms with E-state index in [4.69, 9.17) is 5.26 Å². The molecule has 0 fully saturated rings. The second-order valence-electron chi connectivity index (χ2n) is 4.38. The molecule has 3 nitrogen and oxygen atoms in total. The van der Waals surface area contributed by atoms with Gasteiger partial charge in [0.2, 0.25) is 5.91 Å². The predicted molar refractivity (Wildman–Crippen MR) is 60.0 cm³/mol. The van der Waals surface area contributed by atoms with E-state index >= 15 is 0 Å². The third-order valence-corrected chi connectivity index (χ3v) is 3.32. The highest BCUT2D eigenvalue weighted by Gasteiger charge is 2.28. The number of amides is 1. The Bertz CT molecular complexity index is 253. The average molecular weight is 214 g/mol. The van der Waals surface area contributed by atoms with Crippen molar-refractivity contribution in [3.63, 3.8) is 0 Å².